The largest absolute Gasteiger partial charge is 0.339 e. The predicted octanol–water partition coefficient (Wildman–Crippen LogP) is 4.96. The Bertz CT molecular complexity index is 447. The van der Waals surface area contributed by atoms with E-state index in [0.717, 1.165) is 25.9 Å². The molecule has 0 aliphatic carbocycles. The van der Waals surface area contributed by atoms with Gasteiger partial charge in [0.15, 0.2) is 5.78 Å². The Morgan fingerprint density at radius 3 is 1.77 bits per heavy atom. The van der Waals surface area contributed by atoms with Gasteiger partial charge in [0.25, 0.3) is 5.91 Å². The maximum atomic E-state index is 12.3. The second kappa shape index (κ2) is 12.0. The monoisotopic (exact) mass is 305 g/mol. The van der Waals surface area contributed by atoms with Crippen LogP contribution in [-0.2, 0) is 0 Å². The summed E-state index contributed by atoms with van der Waals surface area (Å²) in [6, 6.07) is 6.96. The topological polar surface area (TPSA) is 37.4 Å². The molecule has 0 bridgehead atoms. The molecule has 0 heterocycles. The molecule has 124 valence electrons. The first-order valence-electron chi connectivity index (χ1n) is 8.41. The number of rotatable bonds is 7. The number of amides is 1. The van der Waals surface area contributed by atoms with Gasteiger partial charge in [-0.3, -0.25) is 9.59 Å². The van der Waals surface area contributed by atoms with Gasteiger partial charge in [0, 0.05) is 24.2 Å². The molecule has 3 nitrogen and oxygen atoms in total. The maximum absolute atomic E-state index is 12.3. The summed E-state index contributed by atoms with van der Waals surface area (Å²) in [4.78, 5) is 25.5. The normalized spacial score (nSPS) is 9.68. The lowest BCUT2D eigenvalue weighted by molar-refractivity contribution is 0.0755. The lowest BCUT2D eigenvalue weighted by Crippen LogP contribution is -2.32. The van der Waals surface area contributed by atoms with Gasteiger partial charge >= 0.3 is 0 Å². The number of Topliss-reactive ketones (excluding diaryl/α,β-unsaturated/α-hetero) is 1. The highest BCUT2D eigenvalue weighted by Crippen LogP contribution is 2.10. The van der Waals surface area contributed by atoms with Crippen LogP contribution in [0.25, 0.3) is 0 Å². The Labute approximate surface area is 135 Å². The minimum atomic E-state index is -0.0119. The second-order valence-electron chi connectivity index (χ2n) is 5.43. The number of benzene rings is 1. The van der Waals surface area contributed by atoms with Gasteiger partial charge in [-0.25, -0.2) is 0 Å². The number of hydrogen-bond acceptors (Lipinski definition) is 2. The maximum Gasteiger partial charge on any atom is 0.253 e. The highest BCUT2D eigenvalue weighted by molar-refractivity contribution is 5.99. The molecule has 1 aromatic rings. The van der Waals surface area contributed by atoms with Crippen molar-refractivity contribution in [2.75, 3.05) is 13.1 Å². The van der Waals surface area contributed by atoms with Gasteiger partial charge in [0.05, 0.1) is 0 Å². The summed E-state index contributed by atoms with van der Waals surface area (Å²) in [5.41, 5.74) is 1.19. The van der Waals surface area contributed by atoms with Crippen LogP contribution in [0.1, 0.15) is 81.0 Å². The van der Waals surface area contributed by atoms with E-state index >= 15 is 0 Å². The van der Waals surface area contributed by atoms with E-state index in [1.54, 1.807) is 24.3 Å². The molecule has 0 fully saturated rings. The van der Waals surface area contributed by atoms with Crippen LogP contribution in [0.2, 0.25) is 0 Å². The fourth-order valence-electron chi connectivity index (χ4n) is 1.91. The van der Waals surface area contributed by atoms with Gasteiger partial charge < -0.3 is 4.90 Å². The predicted molar refractivity (Wildman–Crippen MR) is 93.5 cm³/mol. The van der Waals surface area contributed by atoms with Crippen molar-refractivity contribution in [1.82, 2.24) is 4.90 Å². The van der Waals surface area contributed by atoms with Crippen LogP contribution in [0.4, 0.5) is 0 Å². The molecule has 0 saturated heterocycles. The lowest BCUT2D eigenvalue weighted by Gasteiger charge is -2.21. The van der Waals surface area contributed by atoms with Crippen molar-refractivity contribution >= 4 is 11.7 Å². The SMILES string of the molecule is CCCC.CCCN(CCC)C(=O)c1cccc(C(C)=O)c1. The van der Waals surface area contributed by atoms with E-state index in [-0.39, 0.29) is 11.7 Å². The van der Waals surface area contributed by atoms with Crippen LogP contribution < -0.4 is 0 Å². The Balaban J connectivity index is 0.000000980. The van der Waals surface area contributed by atoms with Crippen molar-refractivity contribution in [2.45, 2.75) is 60.3 Å². The number of carbonyl (C=O) groups is 2. The molecule has 1 aromatic carbocycles. The van der Waals surface area contributed by atoms with E-state index < -0.39 is 0 Å². The third-order valence-electron chi connectivity index (χ3n) is 3.29. The molecule has 1 rings (SSSR count). The number of carbonyl (C=O) groups excluding carboxylic acids is 2. The van der Waals surface area contributed by atoms with Gasteiger partial charge in [0.1, 0.15) is 0 Å². The van der Waals surface area contributed by atoms with Crippen molar-refractivity contribution in [3.63, 3.8) is 0 Å². The van der Waals surface area contributed by atoms with Crippen LogP contribution in [0.5, 0.6) is 0 Å². The highest BCUT2D eigenvalue weighted by Gasteiger charge is 2.14. The fraction of sp³-hybridized carbons (Fsp3) is 0.579. The summed E-state index contributed by atoms with van der Waals surface area (Å²) in [5, 5.41) is 0. The van der Waals surface area contributed by atoms with E-state index in [4.69, 9.17) is 0 Å². The van der Waals surface area contributed by atoms with Crippen molar-refractivity contribution in [1.29, 1.82) is 0 Å². The average Bonchev–Trinajstić information content (AvgIpc) is 2.54. The lowest BCUT2D eigenvalue weighted by atomic mass is 10.1. The summed E-state index contributed by atoms with van der Waals surface area (Å²) in [6.45, 7) is 11.5. The number of ketones is 1. The Morgan fingerprint density at radius 1 is 0.864 bits per heavy atom. The zero-order chi connectivity index (χ0) is 17.0. The molecule has 0 spiro atoms. The van der Waals surface area contributed by atoms with Crippen molar-refractivity contribution in [3.8, 4) is 0 Å². The zero-order valence-electron chi connectivity index (χ0n) is 14.8. The van der Waals surface area contributed by atoms with Gasteiger partial charge in [-0.15, -0.1) is 0 Å². The molecule has 0 N–H and O–H groups in total. The molecule has 0 unspecified atom stereocenters. The fourth-order valence-corrected chi connectivity index (χ4v) is 1.91. The summed E-state index contributed by atoms with van der Waals surface area (Å²) < 4.78 is 0. The Kier molecular flexibility index (Phi) is 11.1. The van der Waals surface area contributed by atoms with E-state index in [2.05, 4.69) is 27.7 Å². The van der Waals surface area contributed by atoms with Crippen molar-refractivity contribution in [3.05, 3.63) is 35.4 Å². The smallest absolute Gasteiger partial charge is 0.253 e. The molecular weight excluding hydrogens is 274 g/mol. The summed E-state index contributed by atoms with van der Waals surface area (Å²) in [5.74, 6) is 0.00369. The van der Waals surface area contributed by atoms with Gasteiger partial charge in [-0.05, 0) is 31.9 Å². The summed E-state index contributed by atoms with van der Waals surface area (Å²) >= 11 is 0. The van der Waals surface area contributed by atoms with Crippen LogP contribution in [-0.4, -0.2) is 29.7 Å². The molecule has 0 radical (unpaired) electrons. The zero-order valence-corrected chi connectivity index (χ0v) is 14.8. The van der Waals surface area contributed by atoms with Gasteiger partial charge in [-0.2, -0.15) is 0 Å². The first-order chi connectivity index (χ1) is 10.5. The standard InChI is InChI=1S/C15H21NO2.C4H10/c1-4-9-16(10-5-2)15(18)14-8-6-7-13(11-14)12(3)17;1-3-4-2/h6-8,11H,4-5,9-10H2,1-3H3;3-4H2,1-2H3. The minimum Gasteiger partial charge on any atom is -0.339 e. The molecular formula is C19H31NO2. The van der Waals surface area contributed by atoms with E-state index in [9.17, 15) is 9.59 Å². The summed E-state index contributed by atoms with van der Waals surface area (Å²) in [6.07, 6.45) is 4.52. The molecule has 0 saturated carbocycles. The van der Waals surface area contributed by atoms with Crippen molar-refractivity contribution in [2.24, 2.45) is 0 Å². The molecule has 0 atom stereocenters. The highest BCUT2D eigenvalue weighted by atomic mass is 16.2. The van der Waals surface area contributed by atoms with Crippen LogP contribution in [0.3, 0.4) is 0 Å². The second-order valence-corrected chi connectivity index (χ2v) is 5.43. The third-order valence-corrected chi connectivity index (χ3v) is 3.29. The number of unbranched alkanes of at least 4 members (excludes halogenated alkanes) is 1. The quantitative estimate of drug-likeness (QED) is 0.668. The van der Waals surface area contributed by atoms with E-state index in [1.807, 2.05) is 4.90 Å². The molecule has 0 aromatic heterocycles. The molecule has 22 heavy (non-hydrogen) atoms. The molecule has 1 amide bonds. The van der Waals surface area contributed by atoms with E-state index in [0.29, 0.717) is 11.1 Å². The first kappa shape index (κ1) is 20.4. The first-order valence-corrected chi connectivity index (χ1v) is 8.41. The third kappa shape index (κ3) is 7.39. The Hall–Kier alpha value is -1.64. The van der Waals surface area contributed by atoms with E-state index in [1.165, 1.54) is 19.8 Å². The number of hydrogen-bond donors (Lipinski definition) is 0. The van der Waals surface area contributed by atoms with Crippen LogP contribution in [0.15, 0.2) is 24.3 Å². The van der Waals surface area contributed by atoms with Gasteiger partial charge in [0.2, 0.25) is 0 Å². The molecule has 0 aliphatic rings. The van der Waals surface area contributed by atoms with Crippen LogP contribution >= 0.6 is 0 Å². The average molecular weight is 305 g/mol. The molecule has 3 heteroatoms. The van der Waals surface area contributed by atoms with Crippen molar-refractivity contribution < 1.29 is 9.59 Å². The van der Waals surface area contributed by atoms with Crippen LogP contribution in [0, 0.1) is 0 Å². The minimum absolute atomic E-state index is 0.0119. The Morgan fingerprint density at radius 2 is 1.36 bits per heavy atom. The van der Waals surface area contributed by atoms with Gasteiger partial charge in [-0.1, -0.05) is 52.7 Å². The molecule has 0 aliphatic heterocycles. The number of nitrogens with zero attached hydrogens (tertiary/aromatic N) is 1. The summed E-state index contributed by atoms with van der Waals surface area (Å²) in [7, 11) is 0.